The zero-order valence-electron chi connectivity index (χ0n) is 12.5. The van der Waals surface area contributed by atoms with Crippen molar-refractivity contribution in [3.05, 3.63) is 38.4 Å². The summed E-state index contributed by atoms with van der Waals surface area (Å²) in [5.74, 6) is -0.250. The summed E-state index contributed by atoms with van der Waals surface area (Å²) in [5, 5.41) is 21.8. The molecule has 1 aromatic carbocycles. The molecule has 1 saturated carbocycles. The third-order valence-corrected chi connectivity index (χ3v) is 5.53. The van der Waals surface area contributed by atoms with Gasteiger partial charge in [0.25, 0.3) is 5.69 Å². The van der Waals surface area contributed by atoms with Gasteiger partial charge in [-0.3, -0.25) is 29.3 Å². The van der Waals surface area contributed by atoms with E-state index >= 15 is 0 Å². The van der Waals surface area contributed by atoms with Crippen molar-refractivity contribution in [2.75, 3.05) is 6.61 Å². The van der Waals surface area contributed by atoms with E-state index in [4.69, 9.17) is 13.6 Å². The second kappa shape index (κ2) is 6.46. The summed E-state index contributed by atoms with van der Waals surface area (Å²) in [5.41, 5.74) is -1.14. The molecule has 1 aromatic rings. The number of benzene rings is 1. The van der Waals surface area contributed by atoms with E-state index in [2.05, 4.69) is 0 Å². The number of rotatable bonds is 4. The van der Waals surface area contributed by atoms with Crippen LogP contribution in [0.2, 0.25) is 0 Å². The van der Waals surface area contributed by atoms with Crippen molar-refractivity contribution in [1.82, 2.24) is 0 Å². The van der Waals surface area contributed by atoms with E-state index in [0.717, 1.165) is 43.9 Å². The van der Waals surface area contributed by atoms with Crippen molar-refractivity contribution in [1.29, 1.82) is 0 Å². The van der Waals surface area contributed by atoms with Gasteiger partial charge in [-0.05, 0) is 18.9 Å². The third kappa shape index (κ3) is 3.40. The fourth-order valence-electron chi connectivity index (χ4n) is 2.89. The van der Waals surface area contributed by atoms with Crippen LogP contribution in [0.4, 0.5) is 11.4 Å². The summed E-state index contributed by atoms with van der Waals surface area (Å²) in [7, 11) is -4.00. The maximum atomic E-state index is 12.6. The van der Waals surface area contributed by atoms with Gasteiger partial charge in [-0.2, -0.15) is 0 Å². The summed E-state index contributed by atoms with van der Waals surface area (Å²) < 4.78 is 28.4. The van der Waals surface area contributed by atoms with Crippen molar-refractivity contribution in [3.63, 3.8) is 0 Å². The fourth-order valence-corrected chi connectivity index (χ4v) is 4.43. The van der Waals surface area contributed by atoms with Crippen molar-refractivity contribution in [2.24, 2.45) is 5.92 Å². The average molecular weight is 358 g/mol. The van der Waals surface area contributed by atoms with Gasteiger partial charge in [-0.15, -0.1) is 0 Å². The zero-order valence-corrected chi connectivity index (χ0v) is 13.4. The lowest BCUT2D eigenvalue weighted by atomic mass is 9.87. The standard InChI is InChI=1S/C13H15N2O8P/c16-14(17)10-5-6-13(11(7-10)15(18)19)23-24(20)21-8-9-3-1-2-4-12(9)22-24/h5-7,9,12H,1-4,8H2/t9-,12+,24-/m0/s1. The summed E-state index contributed by atoms with van der Waals surface area (Å²) in [6.45, 7) is 0.197. The van der Waals surface area contributed by atoms with Crippen molar-refractivity contribution in [3.8, 4) is 5.75 Å². The molecule has 3 rings (SSSR count). The van der Waals surface area contributed by atoms with Gasteiger partial charge >= 0.3 is 13.5 Å². The summed E-state index contributed by atoms with van der Waals surface area (Å²) in [6, 6.07) is 2.80. The first-order chi connectivity index (χ1) is 11.4. The highest BCUT2D eigenvalue weighted by molar-refractivity contribution is 7.49. The number of fused-ring (bicyclic) bond motifs is 1. The van der Waals surface area contributed by atoms with E-state index < -0.39 is 29.0 Å². The summed E-state index contributed by atoms with van der Waals surface area (Å²) >= 11 is 0. The minimum atomic E-state index is -4.00. The minimum Gasteiger partial charge on any atom is -0.397 e. The predicted molar refractivity (Wildman–Crippen MR) is 80.8 cm³/mol. The van der Waals surface area contributed by atoms with Gasteiger partial charge in [0.2, 0.25) is 5.75 Å². The van der Waals surface area contributed by atoms with Crippen LogP contribution in [0.5, 0.6) is 5.75 Å². The molecule has 10 nitrogen and oxygen atoms in total. The highest BCUT2D eigenvalue weighted by Gasteiger charge is 2.44. The third-order valence-electron chi connectivity index (χ3n) is 4.11. The highest BCUT2D eigenvalue weighted by atomic mass is 31.2. The van der Waals surface area contributed by atoms with Crippen LogP contribution in [-0.2, 0) is 13.6 Å². The molecule has 1 saturated heterocycles. The Hall–Kier alpha value is -2.03. The molecular formula is C13H15N2O8P. The second-order valence-electron chi connectivity index (χ2n) is 5.69. The maximum Gasteiger partial charge on any atom is 0.530 e. The molecule has 1 heterocycles. The Labute approximate surface area is 136 Å². The Morgan fingerprint density at radius 3 is 2.62 bits per heavy atom. The Morgan fingerprint density at radius 2 is 1.92 bits per heavy atom. The molecule has 0 bridgehead atoms. The Bertz CT molecular complexity index is 724. The van der Waals surface area contributed by atoms with E-state index in [9.17, 15) is 24.8 Å². The number of phosphoric acid groups is 1. The average Bonchev–Trinajstić information content (AvgIpc) is 2.54. The number of phosphoric ester groups is 1. The monoisotopic (exact) mass is 358 g/mol. The first kappa shape index (κ1) is 16.8. The lowest BCUT2D eigenvalue weighted by Crippen LogP contribution is -2.35. The minimum absolute atomic E-state index is 0.135. The zero-order chi connectivity index (χ0) is 17.3. The Morgan fingerprint density at radius 1 is 1.17 bits per heavy atom. The van der Waals surface area contributed by atoms with E-state index in [1.807, 2.05) is 0 Å². The topological polar surface area (TPSA) is 131 Å². The van der Waals surface area contributed by atoms with Crippen LogP contribution in [-0.4, -0.2) is 22.6 Å². The largest absolute Gasteiger partial charge is 0.530 e. The summed E-state index contributed by atoms with van der Waals surface area (Å²) in [6.07, 6.45) is 3.35. The van der Waals surface area contributed by atoms with E-state index in [0.29, 0.717) is 0 Å². The van der Waals surface area contributed by atoms with Crippen LogP contribution in [0, 0.1) is 26.1 Å². The molecule has 0 aromatic heterocycles. The summed E-state index contributed by atoms with van der Waals surface area (Å²) in [4.78, 5) is 20.2. The number of nitro benzene ring substituents is 2. The lowest BCUT2D eigenvalue weighted by molar-refractivity contribution is -0.394. The van der Waals surface area contributed by atoms with E-state index in [1.54, 1.807) is 0 Å². The van der Waals surface area contributed by atoms with Gasteiger partial charge in [0.1, 0.15) is 0 Å². The molecule has 11 heteroatoms. The van der Waals surface area contributed by atoms with Gasteiger partial charge < -0.3 is 4.52 Å². The molecule has 0 unspecified atom stereocenters. The van der Waals surface area contributed by atoms with Gasteiger partial charge in [0.05, 0.1) is 28.6 Å². The number of hydrogen-bond acceptors (Lipinski definition) is 8. The van der Waals surface area contributed by atoms with Crippen molar-refractivity contribution in [2.45, 2.75) is 31.8 Å². The molecule has 0 spiro atoms. The molecular weight excluding hydrogens is 343 g/mol. The normalized spacial score (nSPS) is 29.5. The number of hydrogen-bond donors (Lipinski definition) is 0. The highest BCUT2D eigenvalue weighted by Crippen LogP contribution is 2.57. The maximum absolute atomic E-state index is 12.6. The lowest BCUT2D eigenvalue weighted by Gasteiger charge is -2.37. The SMILES string of the molecule is O=[N+]([O-])c1ccc(O[P@@]2(=O)OC[C@@H]3CCCC[C@H]3O2)c([N+](=O)[O-])c1. The second-order valence-corrected chi connectivity index (χ2v) is 7.23. The first-order valence-corrected chi connectivity index (χ1v) is 8.89. The smallest absolute Gasteiger partial charge is 0.397 e. The molecule has 130 valence electrons. The van der Waals surface area contributed by atoms with Crippen LogP contribution < -0.4 is 4.52 Å². The van der Waals surface area contributed by atoms with Gasteiger partial charge in [0.15, 0.2) is 0 Å². The molecule has 3 atom stereocenters. The van der Waals surface area contributed by atoms with Crippen molar-refractivity contribution < 1.29 is 28.0 Å². The molecule has 0 N–H and O–H groups in total. The van der Waals surface area contributed by atoms with Crippen LogP contribution >= 0.6 is 7.82 Å². The quantitative estimate of drug-likeness (QED) is 0.453. The molecule has 1 aliphatic carbocycles. The van der Waals surface area contributed by atoms with E-state index in [-0.39, 0.29) is 24.4 Å². The van der Waals surface area contributed by atoms with Crippen LogP contribution in [0.3, 0.4) is 0 Å². The number of nitro groups is 2. The number of non-ortho nitro benzene ring substituents is 1. The molecule has 1 aliphatic heterocycles. The number of nitrogens with zero attached hydrogens (tertiary/aromatic N) is 2. The molecule has 2 aliphatic rings. The molecule has 0 amide bonds. The predicted octanol–water partition coefficient (Wildman–Crippen LogP) is 3.60. The molecule has 24 heavy (non-hydrogen) atoms. The van der Waals surface area contributed by atoms with Crippen LogP contribution in [0.15, 0.2) is 18.2 Å². The molecule has 0 radical (unpaired) electrons. The Kier molecular flexibility index (Phi) is 4.53. The fraction of sp³-hybridized carbons (Fsp3) is 0.538. The van der Waals surface area contributed by atoms with Gasteiger partial charge in [-0.25, -0.2) is 4.57 Å². The van der Waals surface area contributed by atoms with Crippen molar-refractivity contribution >= 4 is 19.2 Å². The van der Waals surface area contributed by atoms with Gasteiger partial charge in [-0.1, -0.05) is 12.8 Å². The van der Waals surface area contributed by atoms with Crippen LogP contribution in [0.25, 0.3) is 0 Å². The van der Waals surface area contributed by atoms with Crippen LogP contribution in [0.1, 0.15) is 25.7 Å². The van der Waals surface area contributed by atoms with E-state index in [1.165, 1.54) is 0 Å². The van der Waals surface area contributed by atoms with Gasteiger partial charge in [0, 0.05) is 12.0 Å². The Balaban J connectivity index is 1.83. The first-order valence-electron chi connectivity index (χ1n) is 7.43. The molecule has 2 fully saturated rings.